The minimum atomic E-state index is -3.96. The molecule has 0 atom stereocenters. The van der Waals surface area contributed by atoms with E-state index in [0.717, 1.165) is 0 Å². The maximum atomic E-state index is 12.1. The number of hydrogen-bond donors (Lipinski definition) is 2. The second-order valence-corrected chi connectivity index (χ2v) is 6.36. The molecule has 0 saturated carbocycles. The summed E-state index contributed by atoms with van der Waals surface area (Å²) < 4.78 is 31.0. The first kappa shape index (κ1) is 16.1. The summed E-state index contributed by atoms with van der Waals surface area (Å²) in [5, 5.41) is 2.92. The third-order valence-corrected chi connectivity index (χ3v) is 4.30. The van der Waals surface area contributed by atoms with Crippen molar-refractivity contribution >= 4 is 33.3 Å². The number of hydrogen-bond acceptors (Lipinski definition) is 4. The molecule has 0 aliphatic rings. The molecule has 2 N–H and O–H groups in total. The number of sulfonamides is 1. The Labute approximate surface area is 133 Å². The number of urea groups is 1. The molecular weight excluding hydrogens is 328 g/mol. The van der Waals surface area contributed by atoms with Gasteiger partial charge in [0.05, 0.1) is 12.0 Å². The summed E-state index contributed by atoms with van der Waals surface area (Å²) in [7, 11) is -2.48. The molecule has 2 aromatic rings. The van der Waals surface area contributed by atoms with Crippen LogP contribution in [0, 0.1) is 0 Å². The Morgan fingerprint density at radius 1 is 1.05 bits per heavy atom. The van der Waals surface area contributed by atoms with E-state index in [0.29, 0.717) is 16.5 Å². The first-order valence-corrected chi connectivity index (χ1v) is 8.00. The molecule has 0 aliphatic carbocycles. The number of halogens is 1. The molecule has 0 unspecified atom stereocenters. The molecule has 0 aliphatic heterocycles. The Morgan fingerprint density at radius 2 is 1.64 bits per heavy atom. The Balaban J connectivity index is 2.07. The third kappa shape index (κ3) is 4.12. The van der Waals surface area contributed by atoms with Crippen LogP contribution in [-0.2, 0) is 10.0 Å². The van der Waals surface area contributed by atoms with E-state index < -0.39 is 16.1 Å². The monoisotopic (exact) mass is 340 g/mol. The molecule has 0 aromatic heterocycles. The molecular formula is C14H13ClN2O4S. The summed E-state index contributed by atoms with van der Waals surface area (Å²) >= 11 is 5.72. The van der Waals surface area contributed by atoms with Gasteiger partial charge in [-0.15, -0.1) is 0 Å². The molecule has 8 heteroatoms. The van der Waals surface area contributed by atoms with Crippen LogP contribution in [0.3, 0.4) is 0 Å². The fourth-order valence-corrected chi connectivity index (χ4v) is 2.66. The second kappa shape index (κ2) is 6.67. The van der Waals surface area contributed by atoms with E-state index in [1.54, 1.807) is 24.3 Å². The highest BCUT2D eigenvalue weighted by Gasteiger charge is 2.17. The van der Waals surface area contributed by atoms with Gasteiger partial charge >= 0.3 is 6.03 Å². The van der Waals surface area contributed by atoms with E-state index in [4.69, 9.17) is 16.3 Å². The maximum Gasteiger partial charge on any atom is 0.333 e. The smallest absolute Gasteiger partial charge is 0.333 e. The van der Waals surface area contributed by atoms with Crippen LogP contribution < -0.4 is 14.8 Å². The van der Waals surface area contributed by atoms with Crippen molar-refractivity contribution in [2.75, 3.05) is 12.4 Å². The van der Waals surface area contributed by atoms with Crippen LogP contribution in [0.5, 0.6) is 5.75 Å². The van der Waals surface area contributed by atoms with Crippen molar-refractivity contribution in [3.05, 3.63) is 53.6 Å². The minimum absolute atomic E-state index is 0.0421. The summed E-state index contributed by atoms with van der Waals surface area (Å²) in [6.07, 6.45) is 0. The van der Waals surface area contributed by atoms with Gasteiger partial charge in [-0.2, -0.15) is 0 Å². The SMILES string of the molecule is COc1ccc(S(=O)(=O)NC(=O)Nc2ccc(Cl)cc2)cc1. The highest BCUT2D eigenvalue weighted by Crippen LogP contribution is 2.16. The van der Waals surface area contributed by atoms with Crippen LogP contribution in [0.2, 0.25) is 5.02 Å². The van der Waals surface area contributed by atoms with Gasteiger partial charge in [0.25, 0.3) is 10.0 Å². The molecule has 0 saturated heterocycles. The first-order valence-electron chi connectivity index (χ1n) is 6.14. The predicted molar refractivity (Wildman–Crippen MR) is 83.8 cm³/mol. The van der Waals surface area contributed by atoms with Crippen LogP contribution in [0.25, 0.3) is 0 Å². The van der Waals surface area contributed by atoms with Crippen molar-refractivity contribution < 1.29 is 17.9 Å². The average molecular weight is 341 g/mol. The van der Waals surface area contributed by atoms with Crippen LogP contribution in [0.15, 0.2) is 53.4 Å². The van der Waals surface area contributed by atoms with E-state index in [1.807, 2.05) is 4.72 Å². The summed E-state index contributed by atoms with van der Waals surface area (Å²) in [6, 6.07) is 11.1. The van der Waals surface area contributed by atoms with Gasteiger partial charge in [-0.25, -0.2) is 17.9 Å². The van der Waals surface area contributed by atoms with Crippen LogP contribution >= 0.6 is 11.6 Å². The van der Waals surface area contributed by atoms with E-state index >= 15 is 0 Å². The summed E-state index contributed by atoms with van der Waals surface area (Å²) in [6.45, 7) is 0. The van der Waals surface area contributed by atoms with Crippen molar-refractivity contribution in [1.82, 2.24) is 4.72 Å². The third-order valence-electron chi connectivity index (χ3n) is 2.70. The van der Waals surface area contributed by atoms with Gasteiger partial charge in [0.15, 0.2) is 0 Å². The normalized spacial score (nSPS) is 10.8. The highest BCUT2D eigenvalue weighted by molar-refractivity contribution is 7.90. The van der Waals surface area contributed by atoms with E-state index in [2.05, 4.69) is 5.32 Å². The average Bonchev–Trinajstić information content (AvgIpc) is 2.49. The van der Waals surface area contributed by atoms with Gasteiger partial charge < -0.3 is 10.1 Å². The van der Waals surface area contributed by atoms with Gasteiger partial charge in [-0.05, 0) is 48.5 Å². The lowest BCUT2D eigenvalue weighted by molar-refractivity contribution is 0.256. The van der Waals surface area contributed by atoms with Crippen molar-refractivity contribution in [2.45, 2.75) is 4.90 Å². The molecule has 0 fully saturated rings. The summed E-state index contributed by atoms with van der Waals surface area (Å²) in [5.74, 6) is 0.518. The van der Waals surface area contributed by atoms with Crippen molar-refractivity contribution in [2.24, 2.45) is 0 Å². The zero-order chi connectivity index (χ0) is 16.2. The van der Waals surface area contributed by atoms with Gasteiger partial charge in [0, 0.05) is 10.7 Å². The molecule has 22 heavy (non-hydrogen) atoms. The number of carbonyl (C=O) groups excluding carboxylic acids is 1. The lowest BCUT2D eigenvalue weighted by Gasteiger charge is -2.09. The number of rotatable bonds is 4. The molecule has 0 radical (unpaired) electrons. The molecule has 6 nitrogen and oxygen atoms in total. The Bertz CT molecular complexity index is 758. The van der Waals surface area contributed by atoms with E-state index in [9.17, 15) is 13.2 Å². The minimum Gasteiger partial charge on any atom is -0.497 e. The van der Waals surface area contributed by atoms with Crippen molar-refractivity contribution in [1.29, 1.82) is 0 Å². The Kier molecular flexibility index (Phi) is 4.89. The fourth-order valence-electron chi connectivity index (χ4n) is 1.63. The van der Waals surface area contributed by atoms with Gasteiger partial charge in [0.2, 0.25) is 0 Å². The van der Waals surface area contributed by atoms with Gasteiger partial charge in [0.1, 0.15) is 5.75 Å². The van der Waals surface area contributed by atoms with E-state index in [-0.39, 0.29) is 4.90 Å². The number of anilines is 1. The molecule has 2 aromatic carbocycles. The van der Waals surface area contributed by atoms with Crippen LogP contribution in [0.1, 0.15) is 0 Å². The Morgan fingerprint density at radius 3 is 2.18 bits per heavy atom. The van der Waals surface area contributed by atoms with Crippen LogP contribution in [0.4, 0.5) is 10.5 Å². The van der Waals surface area contributed by atoms with Gasteiger partial charge in [-0.3, -0.25) is 0 Å². The number of amides is 2. The zero-order valence-corrected chi connectivity index (χ0v) is 13.1. The van der Waals surface area contributed by atoms with Crippen molar-refractivity contribution in [3.63, 3.8) is 0 Å². The molecule has 0 bridgehead atoms. The quantitative estimate of drug-likeness (QED) is 0.896. The zero-order valence-electron chi connectivity index (χ0n) is 11.5. The second-order valence-electron chi connectivity index (χ2n) is 4.24. The number of carbonyl (C=O) groups is 1. The number of methoxy groups -OCH3 is 1. The first-order chi connectivity index (χ1) is 10.4. The number of nitrogens with one attached hydrogen (secondary N) is 2. The largest absolute Gasteiger partial charge is 0.497 e. The topological polar surface area (TPSA) is 84.5 Å². The number of ether oxygens (including phenoxy) is 1. The lowest BCUT2D eigenvalue weighted by atomic mass is 10.3. The molecule has 0 spiro atoms. The maximum absolute atomic E-state index is 12.1. The van der Waals surface area contributed by atoms with Crippen LogP contribution in [-0.4, -0.2) is 21.6 Å². The molecule has 2 amide bonds. The summed E-state index contributed by atoms with van der Waals surface area (Å²) in [5.41, 5.74) is 0.423. The lowest BCUT2D eigenvalue weighted by Crippen LogP contribution is -2.34. The molecule has 116 valence electrons. The molecule has 0 heterocycles. The Hall–Kier alpha value is -2.25. The summed E-state index contributed by atoms with van der Waals surface area (Å²) in [4.78, 5) is 11.7. The molecule has 2 rings (SSSR count). The standard InChI is InChI=1S/C14H13ClN2O4S/c1-21-12-6-8-13(9-7-12)22(19,20)17-14(18)16-11-4-2-10(15)3-5-11/h2-9H,1H3,(H2,16,17,18). The highest BCUT2D eigenvalue weighted by atomic mass is 35.5. The van der Waals surface area contributed by atoms with Crippen molar-refractivity contribution in [3.8, 4) is 5.75 Å². The van der Waals surface area contributed by atoms with Gasteiger partial charge in [-0.1, -0.05) is 11.6 Å². The number of benzene rings is 2. The predicted octanol–water partition coefficient (Wildman–Crippen LogP) is 2.86. The van der Waals surface area contributed by atoms with E-state index in [1.165, 1.54) is 31.4 Å². The fraction of sp³-hybridized carbons (Fsp3) is 0.0714.